The molecule has 3 N–H and O–H groups in total. The van der Waals surface area contributed by atoms with E-state index in [1.807, 2.05) is 67.3 Å². The van der Waals surface area contributed by atoms with Gasteiger partial charge in [-0.15, -0.1) is 11.8 Å². The lowest BCUT2D eigenvalue weighted by molar-refractivity contribution is -0.131. The van der Waals surface area contributed by atoms with Crippen molar-refractivity contribution in [2.75, 3.05) is 43.2 Å². The number of rotatable bonds is 9. The molecule has 2 aromatic carbocycles. The van der Waals surface area contributed by atoms with E-state index in [0.29, 0.717) is 25.2 Å². The summed E-state index contributed by atoms with van der Waals surface area (Å²) in [5, 5.41) is 2.89. The first kappa shape index (κ1) is 23.8. The molecule has 1 aliphatic heterocycles. The lowest BCUT2D eigenvalue weighted by Crippen LogP contribution is -2.45. The van der Waals surface area contributed by atoms with Crippen molar-refractivity contribution in [1.29, 1.82) is 0 Å². The molecule has 0 aliphatic carbocycles. The first-order valence-electron chi connectivity index (χ1n) is 10.9. The van der Waals surface area contributed by atoms with E-state index in [0.717, 1.165) is 17.1 Å². The highest BCUT2D eigenvalue weighted by molar-refractivity contribution is 8.01. The van der Waals surface area contributed by atoms with Crippen LogP contribution in [0.2, 0.25) is 0 Å². The molecule has 32 heavy (non-hydrogen) atoms. The number of nitrogens with two attached hydrogens (primary N) is 1. The van der Waals surface area contributed by atoms with Gasteiger partial charge >= 0.3 is 0 Å². The number of anilines is 3. The van der Waals surface area contributed by atoms with Crippen LogP contribution < -0.4 is 20.7 Å². The molecular weight excluding hydrogens is 424 g/mol. The predicted molar refractivity (Wildman–Crippen MR) is 132 cm³/mol. The van der Waals surface area contributed by atoms with E-state index in [-0.39, 0.29) is 28.4 Å². The number of amides is 2. The van der Waals surface area contributed by atoms with Gasteiger partial charge in [0.1, 0.15) is 11.0 Å². The van der Waals surface area contributed by atoms with E-state index in [2.05, 4.69) is 5.32 Å². The van der Waals surface area contributed by atoms with E-state index in [1.165, 1.54) is 0 Å². The van der Waals surface area contributed by atoms with Crippen molar-refractivity contribution in [2.45, 2.75) is 30.9 Å². The van der Waals surface area contributed by atoms with Crippen molar-refractivity contribution in [3.63, 3.8) is 0 Å². The molecule has 1 fully saturated rings. The topological polar surface area (TPSA) is 87.9 Å². The van der Waals surface area contributed by atoms with Crippen molar-refractivity contribution in [2.24, 2.45) is 5.92 Å². The summed E-state index contributed by atoms with van der Waals surface area (Å²) < 4.78 is 5.21. The Labute approximate surface area is 194 Å². The van der Waals surface area contributed by atoms with Gasteiger partial charge in [-0.1, -0.05) is 6.92 Å². The molecule has 8 heteroatoms. The maximum atomic E-state index is 13.4. The molecule has 3 rings (SSSR count). The first-order valence-corrected chi connectivity index (χ1v) is 11.8. The van der Waals surface area contributed by atoms with Gasteiger partial charge in [0.05, 0.1) is 18.4 Å². The van der Waals surface area contributed by atoms with Gasteiger partial charge in [-0.25, -0.2) is 0 Å². The molecule has 0 radical (unpaired) electrons. The van der Waals surface area contributed by atoms with Crippen molar-refractivity contribution >= 4 is 40.6 Å². The molecule has 0 spiro atoms. The van der Waals surface area contributed by atoms with E-state index in [9.17, 15) is 9.59 Å². The molecule has 1 aliphatic rings. The summed E-state index contributed by atoms with van der Waals surface area (Å²) in [6.07, 6.45) is 0.652. The van der Waals surface area contributed by atoms with Gasteiger partial charge < -0.3 is 25.6 Å². The third kappa shape index (κ3) is 5.12. The lowest BCUT2D eigenvalue weighted by atomic mass is 10.0. The highest BCUT2D eigenvalue weighted by Crippen LogP contribution is 2.38. The van der Waals surface area contributed by atoms with Crippen molar-refractivity contribution in [1.82, 2.24) is 4.90 Å². The number of nitrogens with zero attached hydrogens (tertiary/aromatic N) is 2. The molecular formula is C24H32N4O3S. The minimum Gasteiger partial charge on any atom is -0.497 e. The average molecular weight is 457 g/mol. The minimum absolute atomic E-state index is 0.00793. The number of carbonyl (C=O) groups is 2. The SMILES string of the molecule is CC[C@H](C(=O)N(C)c1ccc(OC)cc1)C1SC(CNc2ccc(N)cc2)C(=O)N1CC. The van der Waals surface area contributed by atoms with Crippen LogP contribution in [0.3, 0.4) is 0 Å². The normalized spacial score (nSPS) is 19.0. The Kier molecular flexibility index (Phi) is 7.90. The van der Waals surface area contributed by atoms with Crippen LogP contribution in [-0.2, 0) is 9.59 Å². The number of nitrogens with one attached hydrogen (secondary N) is 1. The Morgan fingerprint density at radius 3 is 2.41 bits per heavy atom. The van der Waals surface area contributed by atoms with Crippen LogP contribution in [0, 0.1) is 5.92 Å². The Bertz CT molecular complexity index is 920. The number of carbonyl (C=O) groups excluding carboxylic acids is 2. The number of benzene rings is 2. The van der Waals surface area contributed by atoms with E-state index in [1.54, 1.807) is 30.8 Å². The molecule has 0 aromatic heterocycles. The molecule has 0 saturated carbocycles. The molecule has 0 bridgehead atoms. The zero-order valence-corrected chi connectivity index (χ0v) is 19.9. The number of ether oxygens (including phenoxy) is 1. The summed E-state index contributed by atoms with van der Waals surface area (Å²) >= 11 is 1.58. The van der Waals surface area contributed by atoms with Crippen LogP contribution in [0.25, 0.3) is 0 Å². The fourth-order valence-corrected chi connectivity index (χ4v) is 5.55. The Morgan fingerprint density at radius 1 is 1.19 bits per heavy atom. The molecule has 1 saturated heterocycles. The van der Waals surface area contributed by atoms with E-state index in [4.69, 9.17) is 10.5 Å². The van der Waals surface area contributed by atoms with Crippen molar-refractivity contribution in [3.8, 4) is 5.75 Å². The summed E-state index contributed by atoms with van der Waals surface area (Å²) in [5.41, 5.74) is 8.16. The molecule has 2 unspecified atom stereocenters. The Morgan fingerprint density at radius 2 is 1.84 bits per heavy atom. The van der Waals surface area contributed by atoms with E-state index < -0.39 is 0 Å². The minimum atomic E-state index is -0.294. The fraction of sp³-hybridized carbons (Fsp3) is 0.417. The molecule has 3 atom stereocenters. The van der Waals surface area contributed by atoms with E-state index >= 15 is 0 Å². The molecule has 2 aromatic rings. The van der Waals surface area contributed by atoms with Gasteiger partial charge in [-0.2, -0.15) is 0 Å². The Balaban J connectivity index is 1.71. The van der Waals surface area contributed by atoms with Crippen molar-refractivity contribution in [3.05, 3.63) is 48.5 Å². The summed E-state index contributed by atoms with van der Waals surface area (Å²) in [6, 6.07) is 14.9. The predicted octanol–water partition coefficient (Wildman–Crippen LogP) is 3.67. The summed E-state index contributed by atoms with van der Waals surface area (Å²) in [6.45, 7) is 5.04. The van der Waals surface area contributed by atoms with Crippen molar-refractivity contribution < 1.29 is 14.3 Å². The first-order chi connectivity index (χ1) is 15.4. The zero-order chi connectivity index (χ0) is 23.3. The second kappa shape index (κ2) is 10.6. The number of thioether (sulfide) groups is 1. The summed E-state index contributed by atoms with van der Waals surface area (Å²) in [5.74, 6) is 0.530. The quantitative estimate of drug-likeness (QED) is 0.560. The van der Waals surface area contributed by atoms with Crippen LogP contribution in [0.15, 0.2) is 48.5 Å². The van der Waals surface area contributed by atoms with Crippen LogP contribution in [0.5, 0.6) is 5.75 Å². The second-order valence-corrected chi connectivity index (χ2v) is 9.08. The zero-order valence-electron chi connectivity index (χ0n) is 19.1. The van der Waals surface area contributed by atoms with Gasteiger partial charge in [0.15, 0.2) is 0 Å². The lowest BCUT2D eigenvalue weighted by Gasteiger charge is -2.31. The second-order valence-electron chi connectivity index (χ2n) is 7.75. The largest absolute Gasteiger partial charge is 0.497 e. The van der Waals surface area contributed by atoms with Crippen LogP contribution >= 0.6 is 11.8 Å². The van der Waals surface area contributed by atoms with Gasteiger partial charge in [0, 0.05) is 37.2 Å². The maximum Gasteiger partial charge on any atom is 0.238 e. The number of hydrogen-bond donors (Lipinski definition) is 2. The fourth-order valence-electron chi connectivity index (χ4n) is 3.89. The Hall–Kier alpha value is -2.87. The number of nitrogen functional groups attached to an aromatic ring is 1. The van der Waals surface area contributed by atoms with Gasteiger partial charge in [-0.05, 0) is 61.9 Å². The summed E-state index contributed by atoms with van der Waals surface area (Å²) in [4.78, 5) is 30.0. The smallest absolute Gasteiger partial charge is 0.238 e. The average Bonchev–Trinajstić information content (AvgIpc) is 3.13. The van der Waals surface area contributed by atoms with Gasteiger partial charge in [-0.3, -0.25) is 9.59 Å². The van der Waals surface area contributed by atoms with Gasteiger partial charge in [0.2, 0.25) is 11.8 Å². The third-order valence-electron chi connectivity index (χ3n) is 5.80. The molecule has 172 valence electrons. The monoisotopic (exact) mass is 456 g/mol. The van der Waals surface area contributed by atoms with Crippen LogP contribution in [0.4, 0.5) is 17.1 Å². The molecule has 7 nitrogen and oxygen atoms in total. The van der Waals surface area contributed by atoms with Crippen LogP contribution in [-0.4, -0.2) is 54.6 Å². The number of methoxy groups -OCH3 is 1. The van der Waals surface area contributed by atoms with Gasteiger partial charge in [0.25, 0.3) is 0 Å². The molecule has 1 heterocycles. The highest BCUT2D eigenvalue weighted by Gasteiger charge is 2.45. The standard InChI is InChI=1S/C24H32N4O3S/c1-5-20(22(29)27(3)18-11-13-19(31-4)14-12-18)24-28(6-2)23(30)21(32-24)15-26-17-9-7-16(25)8-10-17/h7-14,20-21,24,26H,5-6,15,25H2,1-4H3/t20-,21?,24?/m1/s1. The summed E-state index contributed by atoms with van der Waals surface area (Å²) in [7, 11) is 3.40. The molecule has 2 amide bonds. The van der Waals surface area contributed by atoms with Crippen LogP contribution in [0.1, 0.15) is 20.3 Å². The maximum absolute atomic E-state index is 13.4. The highest BCUT2D eigenvalue weighted by atomic mass is 32.2. The third-order valence-corrected chi connectivity index (χ3v) is 7.36. The number of hydrogen-bond acceptors (Lipinski definition) is 6.